The molecular formula is C26H41F4O3S2-. The standard InChI is InChI=1S/C26H42F4O3S2/c1-3-5-7-9-11-12-14-16-18-20(17-15-13-10-8-6-4-2)19-34-25-21(27)23(29)26(35-33-32-31)24(30)22(25)28/h20,31H,3-19H2,1-2H3/p-1. The Labute approximate surface area is 217 Å². The van der Waals surface area contributed by atoms with E-state index in [4.69, 9.17) is 0 Å². The smallest absolute Gasteiger partial charge is 0.179 e. The molecule has 0 saturated carbocycles. The van der Waals surface area contributed by atoms with Crippen LogP contribution < -0.4 is 5.26 Å². The van der Waals surface area contributed by atoms with Crippen molar-refractivity contribution in [3.05, 3.63) is 23.3 Å². The van der Waals surface area contributed by atoms with Gasteiger partial charge in [-0.1, -0.05) is 104 Å². The van der Waals surface area contributed by atoms with Crippen molar-refractivity contribution in [2.75, 3.05) is 5.75 Å². The lowest BCUT2D eigenvalue weighted by molar-refractivity contribution is -0.777. The number of halogens is 4. The van der Waals surface area contributed by atoms with Crippen LogP contribution in [0.25, 0.3) is 0 Å². The lowest BCUT2D eigenvalue weighted by Gasteiger charge is -2.18. The minimum absolute atomic E-state index is 0.198. The molecule has 0 fully saturated rings. The molecule has 35 heavy (non-hydrogen) atoms. The van der Waals surface area contributed by atoms with Gasteiger partial charge in [0.2, 0.25) is 0 Å². The number of rotatable bonds is 22. The number of unbranched alkanes of at least 4 members (excludes halogenated alkanes) is 12. The second-order valence-electron chi connectivity index (χ2n) is 9.13. The van der Waals surface area contributed by atoms with Crippen LogP contribution >= 0.6 is 23.8 Å². The Morgan fingerprint density at radius 3 is 1.46 bits per heavy atom. The maximum atomic E-state index is 14.5. The first kappa shape index (κ1) is 32.5. The third-order valence-electron chi connectivity index (χ3n) is 6.22. The van der Waals surface area contributed by atoms with Crippen molar-refractivity contribution in [2.45, 2.75) is 126 Å². The van der Waals surface area contributed by atoms with E-state index in [9.17, 15) is 22.8 Å². The molecule has 3 nitrogen and oxygen atoms in total. The monoisotopic (exact) mass is 541 g/mol. The van der Waals surface area contributed by atoms with Gasteiger partial charge >= 0.3 is 0 Å². The summed E-state index contributed by atoms with van der Waals surface area (Å²) in [5.41, 5.74) is 0. The molecule has 0 spiro atoms. The van der Waals surface area contributed by atoms with Crippen molar-refractivity contribution in [3.63, 3.8) is 0 Å². The lowest BCUT2D eigenvalue weighted by Crippen LogP contribution is -2.08. The quantitative estimate of drug-likeness (QED) is 0.0278. The van der Waals surface area contributed by atoms with Gasteiger partial charge in [-0.25, -0.2) is 17.6 Å². The molecule has 9 heteroatoms. The third-order valence-corrected chi connectivity index (χ3v) is 8.16. The van der Waals surface area contributed by atoms with Gasteiger partial charge < -0.3 is 5.26 Å². The Kier molecular flexibility index (Phi) is 19.1. The SMILES string of the molecule is CCCCCCCCCCC(CCCCCCCC)CSc1c(F)c(F)c(SOO[O-])c(F)c1F. The fourth-order valence-electron chi connectivity index (χ4n) is 4.13. The average molecular weight is 542 g/mol. The molecule has 0 radical (unpaired) electrons. The van der Waals surface area contributed by atoms with Crippen LogP contribution in [0.5, 0.6) is 0 Å². The maximum Gasteiger partial charge on any atom is 0.179 e. The molecule has 1 rings (SSSR count). The van der Waals surface area contributed by atoms with Crippen molar-refractivity contribution in [1.82, 2.24) is 0 Å². The van der Waals surface area contributed by atoms with Crippen LogP contribution in [0, 0.1) is 29.2 Å². The van der Waals surface area contributed by atoms with E-state index in [2.05, 4.69) is 23.2 Å². The normalized spacial score (nSPS) is 12.4. The largest absolute Gasteiger partial charge is 0.691 e. The molecule has 0 amide bonds. The van der Waals surface area contributed by atoms with Crippen LogP contribution in [0.3, 0.4) is 0 Å². The van der Waals surface area contributed by atoms with Gasteiger partial charge in [-0.15, -0.1) is 11.8 Å². The van der Waals surface area contributed by atoms with Crippen molar-refractivity contribution in [2.24, 2.45) is 5.92 Å². The van der Waals surface area contributed by atoms with E-state index in [0.717, 1.165) is 50.3 Å². The van der Waals surface area contributed by atoms with E-state index in [1.54, 1.807) is 0 Å². The molecular weight excluding hydrogens is 500 g/mol. The Balaban J connectivity index is 2.67. The third kappa shape index (κ3) is 13.0. The van der Waals surface area contributed by atoms with E-state index >= 15 is 0 Å². The summed E-state index contributed by atoms with van der Waals surface area (Å²) >= 11 is 0.621. The second kappa shape index (κ2) is 20.6. The average Bonchev–Trinajstić information content (AvgIpc) is 2.85. The highest BCUT2D eigenvalue weighted by Crippen LogP contribution is 2.37. The molecule has 0 aliphatic heterocycles. The molecule has 0 saturated heterocycles. The number of hydrogen-bond donors (Lipinski definition) is 0. The van der Waals surface area contributed by atoms with Gasteiger partial charge in [-0.2, -0.15) is 4.33 Å². The highest BCUT2D eigenvalue weighted by molar-refractivity contribution is 7.99. The minimum atomic E-state index is -1.59. The molecule has 0 aliphatic rings. The topological polar surface area (TPSA) is 41.5 Å². The van der Waals surface area contributed by atoms with Gasteiger partial charge in [-0.05, 0) is 18.8 Å². The molecule has 0 aliphatic carbocycles. The van der Waals surface area contributed by atoms with E-state index in [0.29, 0.717) is 5.75 Å². The van der Waals surface area contributed by atoms with Gasteiger partial charge in [0.15, 0.2) is 23.3 Å². The first-order valence-corrected chi connectivity index (χ1v) is 14.8. The summed E-state index contributed by atoms with van der Waals surface area (Å²) < 4.78 is 61.3. The minimum Gasteiger partial charge on any atom is -0.691 e. The van der Waals surface area contributed by atoms with Gasteiger partial charge in [-0.3, -0.25) is 5.04 Å². The number of thioether (sulfide) groups is 1. The highest BCUT2D eigenvalue weighted by atomic mass is 32.2. The molecule has 1 aromatic rings. The Morgan fingerprint density at radius 2 is 1.03 bits per heavy atom. The first-order chi connectivity index (χ1) is 17.0. The molecule has 0 bridgehead atoms. The second-order valence-corrected chi connectivity index (χ2v) is 10.9. The Hall–Kier alpha value is -0.480. The molecule has 1 aromatic carbocycles. The molecule has 1 unspecified atom stereocenters. The zero-order chi connectivity index (χ0) is 25.9. The van der Waals surface area contributed by atoms with Gasteiger partial charge in [0.1, 0.15) is 4.90 Å². The summed E-state index contributed by atoms with van der Waals surface area (Å²) in [6.07, 6.45) is 18.5. The summed E-state index contributed by atoms with van der Waals surface area (Å²) in [5, 5.41) is 12.9. The van der Waals surface area contributed by atoms with Gasteiger partial charge in [0.25, 0.3) is 0 Å². The summed E-state index contributed by atoms with van der Waals surface area (Å²) in [7, 11) is 0. The van der Waals surface area contributed by atoms with Gasteiger partial charge in [0.05, 0.1) is 16.9 Å². The van der Waals surface area contributed by atoms with E-state index < -0.39 is 33.1 Å². The zero-order valence-electron chi connectivity index (χ0n) is 21.2. The van der Waals surface area contributed by atoms with Crippen molar-refractivity contribution in [1.29, 1.82) is 0 Å². The van der Waals surface area contributed by atoms with E-state index in [1.165, 1.54) is 64.2 Å². The van der Waals surface area contributed by atoms with Crippen LogP contribution in [0.15, 0.2) is 9.79 Å². The zero-order valence-corrected chi connectivity index (χ0v) is 22.8. The van der Waals surface area contributed by atoms with Crippen LogP contribution in [0.1, 0.15) is 117 Å². The van der Waals surface area contributed by atoms with Crippen molar-refractivity contribution in [3.8, 4) is 0 Å². The first-order valence-electron chi connectivity index (χ1n) is 13.1. The molecule has 204 valence electrons. The Bertz CT molecular complexity index is 666. The van der Waals surface area contributed by atoms with Crippen molar-refractivity contribution >= 4 is 23.8 Å². The molecule has 0 N–H and O–H groups in total. The summed E-state index contributed by atoms with van der Waals surface area (Å²) in [4.78, 5) is -1.75. The highest BCUT2D eigenvalue weighted by Gasteiger charge is 2.27. The molecule has 1 atom stereocenters. The van der Waals surface area contributed by atoms with Crippen molar-refractivity contribution < 1.29 is 32.2 Å². The predicted molar refractivity (Wildman–Crippen MR) is 134 cm³/mol. The fraction of sp³-hybridized carbons (Fsp3) is 0.769. The van der Waals surface area contributed by atoms with E-state index in [-0.39, 0.29) is 18.0 Å². The summed E-state index contributed by atoms with van der Waals surface area (Å²) in [6, 6.07) is 0. The van der Waals surface area contributed by atoms with Gasteiger partial charge in [0, 0.05) is 5.75 Å². The van der Waals surface area contributed by atoms with Crippen LogP contribution in [0.4, 0.5) is 17.6 Å². The summed E-state index contributed by atoms with van der Waals surface area (Å²) in [5.74, 6) is -5.52. The number of benzene rings is 1. The Morgan fingerprint density at radius 1 is 0.629 bits per heavy atom. The lowest BCUT2D eigenvalue weighted by atomic mass is 9.95. The van der Waals surface area contributed by atoms with Crippen LogP contribution in [-0.4, -0.2) is 5.75 Å². The van der Waals surface area contributed by atoms with E-state index in [1.807, 2.05) is 0 Å². The van der Waals surface area contributed by atoms with Crippen LogP contribution in [-0.2, 0) is 9.37 Å². The molecule has 0 aromatic heterocycles. The fourth-order valence-corrected chi connectivity index (χ4v) is 5.72. The van der Waals surface area contributed by atoms with Crippen LogP contribution in [0.2, 0.25) is 0 Å². The predicted octanol–water partition coefficient (Wildman–Crippen LogP) is 9.46. The maximum absolute atomic E-state index is 14.5. The molecule has 0 heterocycles. The summed E-state index contributed by atoms with van der Waals surface area (Å²) in [6.45, 7) is 4.38. The number of hydrogen-bond acceptors (Lipinski definition) is 5.